The van der Waals surface area contributed by atoms with Gasteiger partial charge in [0.1, 0.15) is 10.8 Å². The molecule has 1 saturated carbocycles. The van der Waals surface area contributed by atoms with E-state index in [-0.39, 0.29) is 16.0 Å². The fourth-order valence-electron chi connectivity index (χ4n) is 6.12. The Hall–Kier alpha value is -2.66. The van der Waals surface area contributed by atoms with Crippen LogP contribution < -0.4 is 10.6 Å². The zero-order valence-corrected chi connectivity index (χ0v) is 28.6. The lowest BCUT2D eigenvalue weighted by atomic mass is 9.72. The minimum atomic E-state index is -3.53. The van der Waals surface area contributed by atoms with Gasteiger partial charge in [0.25, 0.3) is 0 Å². The first kappa shape index (κ1) is 34.2. The number of likely N-dealkylation sites (N-methyl/N-ethyl adjacent to an activating group) is 1. The Bertz CT molecular complexity index is 1450. The van der Waals surface area contributed by atoms with Gasteiger partial charge < -0.3 is 25.0 Å². The molecule has 0 spiro atoms. The second kappa shape index (κ2) is 15.1. The minimum Gasteiger partial charge on any atom is -0.493 e. The summed E-state index contributed by atoms with van der Waals surface area (Å²) in [5.41, 5.74) is 2.56. The molecule has 11 heteroatoms. The monoisotopic (exact) mass is 645 g/mol. The molecule has 0 unspecified atom stereocenters. The lowest BCUT2D eigenvalue weighted by Crippen LogP contribution is -2.38. The normalized spacial score (nSPS) is 21.2. The Balaban J connectivity index is 1.53. The summed E-state index contributed by atoms with van der Waals surface area (Å²) in [5.74, 6) is 2.57. The van der Waals surface area contributed by atoms with Gasteiger partial charge in [0.05, 0.1) is 40.4 Å². The molecule has 2 aliphatic rings. The van der Waals surface area contributed by atoms with Gasteiger partial charge in [-0.3, -0.25) is 0 Å². The number of anilines is 3. The van der Waals surface area contributed by atoms with Crippen LogP contribution in [0.3, 0.4) is 0 Å². The molecule has 2 N–H and O–H groups in total. The van der Waals surface area contributed by atoms with E-state index in [4.69, 9.17) is 21.1 Å². The predicted molar refractivity (Wildman–Crippen MR) is 178 cm³/mol. The second-order valence-electron chi connectivity index (χ2n) is 12.5. The average molecular weight is 646 g/mol. The highest BCUT2D eigenvalue weighted by molar-refractivity contribution is 7.92. The SMILES string of the molecule is COCCN(C)C1CCC([C@@H]2CC(OC(C)C)=C(Nc3ncc(Cl)c(Nc4ccccc4S(=O)(=O)C(C)C)n3)C=C2C)CC1. The summed E-state index contributed by atoms with van der Waals surface area (Å²) in [5, 5.41) is 6.20. The third kappa shape index (κ3) is 8.33. The van der Waals surface area contributed by atoms with Crippen molar-refractivity contribution in [1.82, 2.24) is 14.9 Å². The van der Waals surface area contributed by atoms with Crippen LogP contribution in [-0.2, 0) is 19.3 Å². The number of nitrogens with one attached hydrogen (secondary N) is 2. The second-order valence-corrected chi connectivity index (χ2v) is 15.4. The van der Waals surface area contributed by atoms with Crippen LogP contribution in [0, 0.1) is 11.8 Å². The number of para-hydroxylation sites is 1. The molecule has 9 nitrogen and oxygen atoms in total. The number of ether oxygens (including phenoxy) is 2. The molecule has 242 valence electrons. The summed E-state index contributed by atoms with van der Waals surface area (Å²) < 4.78 is 37.6. The first-order chi connectivity index (χ1) is 20.9. The van der Waals surface area contributed by atoms with E-state index >= 15 is 0 Å². The number of hydrogen-bond acceptors (Lipinski definition) is 9. The Morgan fingerprint density at radius 3 is 2.45 bits per heavy atom. The van der Waals surface area contributed by atoms with E-state index in [2.05, 4.69) is 45.5 Å². The summed E-state index contributed by atoms with van der Waals surface area (Å²) in [4.78, 5) is 11.7. The molecule has 2 aliphatic carbocycles. The number of nitrogens with zero attached hydrogens (tertiary/aromatic N) is 3. The van der Waals surface area contributed by atoms with Crippen LogP contribution in [0.4, 0.5) is 17.5 Å². The molecule has 1 atom stereocenters. The molecule has 1 aromatic heterocycles. The van der Waals surface area contributed by atoms with Crippen molar-refractivity contribution in [3.05, 3.63) is 58.6 Å². The van der Waals surface area contributed by atoms with E-state index in [1.165, 1.54) is 37.5 Å². The van der Waals surface area contributed by atoms with Gasteiger partial charge in [-0.2, -0.15) is 4.98 Å². The predicted octanol–water partition coefficient (Wildman–Crippen LogP) is 7.21. The number of allylic oxidation sites excluding steroid dienone is 3. The van der Waals surface area contributed by atoms with Gasteiger partial charge >= 0.3 is 0 Å². The minimum absolute atomic E-state index is 0.0159. The molecular formula is C33H48ClN5O4S. The van der Waals surface area contributed by atoms with Gasteiger partial charge in [0.15, 0.2) is 15.7 Å². The molecule has 0 amide bonds. The third-order valence-electron chi connectivity index (χ3n) is 8.68. The molecule has 0 radical (unpaired) electrons. The van der Waals surface area contributed by atoms with Gasteiger partial charge in [0, 0.05) is 26.1 Å². The highest BCUT2D eigenvalue weighted by atomic mass is 35.5. The van der Waals surface area contributed by atoms with Gasteiger partial charge in [-0.05, 0) is 97.4 Å². The number of methoxy groups -OCH3 is 1. The number of hydrogen-bond donors (Lipinski definition) is 2. The molecular weight excluding hydrogens is 598 g/mol. The van der Waals surface area contributed by atoms with E-state index < -0.39 is 15.1 Å². The third-order valence-corrected chi connectivity index (χ3v) is 11.2. The summed E-state index contributed by atoms with van der Waals surface area (Å²) in [6, 6.07) is 7.38. The van der Waals surface area contributed by atoms with Gasteiger partial charge in [-0.15, -0.1) is 0 Å². The van der Waals surface area contributed by atoms with Crippen LogP contribution in [0.25, 0.3) is 0 Å². The molecule has 0 aliphatic heterocycles. The molecule has 1 fully saturated rings. The molecule has 1 heterocycles. The largest absolute Gasteiger partial charge is 0.493 e. The Labute approximate surface area is 268 Å². The first-order valence-electron chi connectivity index (χ1n) is 15.6. The molecule has 0 bridgehead atoms. The zero-order valence-electron chi connectivity index (χ0n) is 27.1. The summed E-state index contributed by atoms with van der Waals surface area (Å²) in [6.45, 7) is 11.3. The van der Waals surface area contributed by atoms with Crippen molar-refractivity contribution in [2.24, 2.45) is 11.8 Å². The average Bonchev–Trinajstić information content (AvgIpc) is 2.99. The number of sulfone groups is 1. The van der Waals surface area contributed by atoms with Crippen LogP contribution in [0.5, 0.6) is 0 Å². The van der Waals surface area contributed by atoms with Crippen molar-refractivity contribution in [3.8, 4) is 0 Å². The fraction of sp³-hybridized carbons (Fsp3) is 0.576. The molecule has 44 heavy (non-hydrogen) atoms. The fourth-order valence-corrected chi connectivity index (χ4v) is 7.46. The smallest absolute Gasteiger partial charge is 0.229 e. The van der Waals surface area contributed by atoms with E-state index in [1.807, 2.05) is 13.8 Å². The Kier molecular flexibility index (Phi) is 11.7. The lowest BCUT2D eigenvalue weighted by molar-refractivity contribution is 0.0961. The number of rotatable bonds is 13. The van der Waals surface area contributed by atoms with Gasteiger partial charge in [-0.1, -0.05) is 29.3 Å². The molecule has 0 saturated heterocycles. The lowest BCUT2D eigenvalue weighted by Gasteiger charge is -2.39. The number of halogens is 1. The van der Waals surface area contributed by atoms with Crippen LogP contribution >= 0.6 is 11.6 Å². The van der Waals surface area contributed by atoms with E-state index in [0.29, 0.717) is 35.3 Å². The first-order valence-corrected chi connectivity index (χ1v) is 17.5. The van der Waals surface area contributed by atoms with Crippen molar-refractivity contribution in [2.75, 3.05) is 37.9 Å². The number of aromatic nitrogens is 2. The Morgan fingerprint density at radius 2 is 1.80 bits per heavy atom. The van der Waals surface area contributed by atoms with Crippen molar-refractivity contribution in [1.29, 1.82) is 0 Å². The molecule has 1 aromatic carbocycles. The van der Waals surface area contributed by atoms with Crippen molar-refractivity contribution >= 4 is 38.9 Å². The zero-order chi connectivity index (χ0) is 32.0. The maximum atomic E-state index is 13.0. The van der Waals surface area contributed by atoms with Crippen LogP contribution in [-0.4, -0.2) is 68.0 Å². The van der Waals surface area contributed by atoms with E-state index in [9.17, 15) is 8.42 Å². The highest BCUT2D eigenvalue weighted by Crippen LogP contribution is 2.42. The topological polar surface area (TPSA) is 106 Å². The number of benzene rings is 1. The molecule has 2 aromatic rings. The maximum absolute atomic E-state index is 13.0. The van der Waals surface area contributed by atoms with Crippen molar-refractivity contribution in [3.63, 3.8) is 0 Å². The maximum Gasteiger partial charge on any atom is 0.229 e. The summed E-state index contributed by atoms with van der Waals surface area (Å²) >= 11 is 6.48. The van der Waals surface area contributed by atoms with E-state index in [1.54, 1.807) is 45.2 Å². The summed E-state index contributed by atoms with van der Waals surface area (Å²) in [6.07, 6.45) is 9.28. The van der Waals surface area contributed by atoms with Crippen molar-refractivity contribution < 1.29 is 17.9 Å². The van der Waals surface area contributed by atoms with Gasteiger partial charge in [0.2, 0.25) is 5.95 Å². The van der Waals surface area contributed by atoms with Crippen LogP contribution in [0.15, 0.2) is 58.5 Å². The standard InChI is InChI=1S/C33H48ClN5O4S/c1-21(2)43-30-19-26(24-12-14-25(15-13-24)39(6)16-17-42-7)23(5)18-29(30)37-33-35-20-27(34)32(38-33)36-28-10-8-9-11-31(28)44(40,41)22(3)4/h8-11,18,20-22,24-26H,12-17,19H2,1-7H3,(H2,35,36,37,38)/t24?,25?,26-/m1/s1. The van der Waals surface area contributed by atoms with E-state index in [0.717, 1.165) is 31.0 Å². The highest BCUT2D eigenvalue weighted by Gasteiger charge is 2.34. The van der Waals surface area contributed by atoms with Gasteiger partial charge in [-0.25, -0.2) is 13.4 Å². The molecule has 4 rings (SSSR count). The quantitative estimate of drug-likeness (QED) is 0.234. The van der Waals surface area contributed by atoms with Crippen LogP contribution in [0.1, 0.15) is 66.7 Å². The Morgan fingerprint density at radius 1 is 1.09 bits per heavy atom. The summed E-state index contributed by atoms with van der Waals surface area (Å²) in [7, 11) is 0.435. The van der Waals surface area contributed by atoms with Crippen LogP contribution in [0.2, 0.25) is 5.02 Å². The van der Waals surface area contributed by atoms with Crippen molar-refractivity contribution in [2.45, 2.75) is 89.0 Å².